The molecule has 3 aromatic carbocycles. The molecule has 1 amide bonds. The van der Waals surface area contributed by atoms with Crippen molar-refractivity contribution in [1.29, 1.82) is 0 Å². The molecule has 4 rings (SSSR count). The Morgan fingerprint density at radius 3 is 2.42 bits per heavy atom. The Labute approximate surface area is 212 Å². The highest BCUT2D eigenvalue weighted by atomic mass is 32.2. The lowest BCUT2D eigenvalue weighted by atomic mass is 10.0. The first-order valence-corrected chi connectivity index (χ1v) is 12.5. The van der Waals surface area contributed by atoms with E-state index in [1.165, 1.54) is 5.56 Å². The van der Waals surface area contributed by atoms with Crippen LogP contribution < -0.4 is 10.1 Å². The molecule has 0 aliphatic rings. The third-order valence-electron chi connectivity index (χ3n) is 5.43. The second-order valence-electron chi connectivity index (χ2n) is 8.46. The van der Waals surface area contributed by atoms with Crippen LogP contribution >= 0.6 is 11.8 Å². The molecule has 36 heavy (non-hydrogen) atoms. The van der Waals surface area contributed by atoms with Crippen LogP contribution in [0, 0.1) is 11.6 Å². The summed E-state index contributed by atoms with van der Waals surface area (Å²) < 4.78 is 35.3. The van der Waals surface area contributed by atoms with Crippen molar-refractivity contribution < 1.29 is 18.3 Å². The largest absolute Gasteiger partial charge is 0.483 e. The molecule has 1 atom stereocenters. The number of halogens is 2. The van der Waals surface area contributed by atoms with Crippen LogP contribution in [0.2, 0.25) is 0 Å². The van der Waals surface area contributed by atoms with Gasteiger partial charge in [0.05, 0.1) is 11.4 Å². The summed E-state index contributed by atoms with van der Waals surface area (Å²) >= 11 is 1.13. The molecule has 186 valence electrons. The van der Waals surface area contributed by atoms with Crippen LogP contribution in [0.3, 0.4) is 0 Å². The van der Waals surface area contributed by atoms with E-state index < -0.39 is 23.6 Å². The van der Waals surface area contributed by atoms with Gasteiger partial charge in [0.2, 0.25) is 5.91 Å². The molecule has 0 bridgehead atoms. The lowest BCUT2D eigenvalue weighted by Gasteiger charge is -2.17. The van der Waals surface area contributed by atoms with Gasteiger partial charge < -0.3 is 10.1 Å². The lowest BCUT2D eigenvalue weighted by Crippen LogP contribution is -2.16. The highest BCUT2D eigenvalue weighted by Crippen LogP contribution is 2.29. The average molecular weight is 509 g/mol. The molecule has 1 heterocycles. The number of ether oxygens (including phenoxy) is 1. The van der Waals surface area contributed by atoms with Gasteiger partial charge in [-0.3, -0.25) is 9.36 Å². The van der Waals surface area contributed by atoms with Crippen molar-refractivity contribution >= 4 is 23.4 Å². The number of nitrogens with one attached hydrogen (secondary N) is 1. The Balaban J connectivity index is 1.53. The minimum absolute atomic E-state index is 0.0766. The van der Waals surface area contributed by atoms with E-state index in [4.69, 9.17) is 4.74 Å². The van der Waals surface area contributed by atoms with Crippen LogP contribution in [-0.2, 0) is 4.79 Å². The van der Waals surface area contributed by atoms with E-state index in [9.17, 15) is 13.6 Å². The SMILES string of the molecule is CC(C)c1ccc(OC(C)c2nnc(SCC(=O)Nc3cc(F)ccc3F)n2-c2ccccc2)cc1. The molecule has 1 unspecified atom stereocenters. The number of para-hydroxylation sites is 1. The van der Waals surface area contributed by atoms with Gasteiger partial charge in [0.1, 0.15) is 17.4 Å². The fourth-order valence-electron chi connectivity index (χ4n) is 3.56. The number of rotatable bonds is 9. The first-order chi connectivity index (χ1) is 17.3. The zero-order valence-electron chi connectivity index (χ0n) is 20.1. The summed E-state index contributed by atoms with van der Waals surface area (Å²) in [7, 11) is 0. The van der Waals surface area contributed by atoms with Gasteiger partial charge in [0, 0.05) is 11.8 Å². The van der Waals surface area contributed by atoms with Crippen molar-refractivity contribution in [3.8, 4) is 11.4 Å². The van der Waals surface area contributed by atoms with E-state index in [1.54, 1.807) is 0 Å². The first kappa shape index (κ1) is 25.4. The van der Waals surface area contributed by atoms with E-state index in [0.29, 0.717) is 22.6 Å². The third kappa shape index (κ3) is 6.09. The topological polar surface area (TPSA) is 69.0 Å². The average Bonchev–Trinajstić information content (AvgIpc) is 3.30. The Morgan fingerprint density at radius 2 is 1.72 bits per heavy atom. The summed E-state index contributed by atoms with van der Waals surface area (Å²) in [5.74, 6) is -0.228. The quantitative estimate of drug-likeness (QED) is 0.260. The molecule has 0 fully saturated rings. The predicted octanol–water partition coefficient (Wildman–Crippen LogP) is 6.54. The number of hydrogen-bond donors (Lipinski definition) is 1. The van der Waals surface area contributed by atoms with Gasteiger partial charge in [-0.05, 0) is 54.8 Å². The zero-order chi connectivity index (χ0) is 25.7. The van der Waals surface area contributed by atoms with Gasteiger partial charge in [-0.25, -0.2) is 8.78 Å². The molecule has 9 heteroatoms. The maximum atomic E-state index is 13.9. The van der Waals surface area contributed by atoms with Crippen LogP contribution in [0.4, 0.5) is 14.5 Å². The molecule has 0 radical (unpaired) electrons. The summed E-state index contributed by atoms with van der Waals surface area (Å²) in [5, 5.41) is 11.5. The first-order valence-electron chi connectivity index (χ1n) is 11.5. The number of nitrogens with zero attached hydrogens (tertiary/aromatic N) is 3. The van der Waals surface area contributed by atoms with Crippen LogP contribution in [0.25, 0.3) is 5.69 Å². The second kappa shape index (κ2) is 11.3. The van der Waals surface area contributed by atoms with Gasteiger partial charge in [-0.1, -0.05) is 55.9 Å². The molecular weight excluding hydrogens is 482 g/mol. The number of anilines is 1. The molecular formula is C27H26F2N4O2S. The Bertz CT molecular complexity index is 1330. The second-order valence-corrected chi connectivity index (χ2v) is 9.40. The zero-order valence-corrected chi connectivity index (χ0v) is 20.9. The molecule has 6 nitrogen and oxygen atoms in total. The smallest absolute Gasteiger partial charge is 0.234 e. The van der Waals surface area contributed by atoms with Crippen molar-refractivity contribution in [3.05, 3.63) is 95.8 Å². The van der Waals surface area contributed by atoms with Crippen LogP contribution in [0.15, 0.2) is 78.0 Å². The van der Waals surface area contributed by atoms with Crippen molar-refractivity contribution in [2.24, 2.45) is 0 Å². The summed E-state index contributed by atoms with van der Waals surface area (Å²) in [6.07, 6.45) is -0.438. The molecule has 0 saturated carbocycles. The monoisotopic (exact) mass is 508 g/mol. The normalized spacial score (nSPS) is 11.9. The summed E-state index contributed by atoms with van der Waals surface area (Å²) in [4.78, 5) is 12.5. The van der Waals surface area contributed by atoms with Gasteiger partial charge in [0.25, 0.3) is 0 Å². The number of thioether (sulfide) groups is 1. The predicted molar refractivity (Wildman–Crippen MR) is 137 cm³/mol. The van der Waals surface area contributed by atoms with Gasteiger partial charge in [-0.2, -0.15) is 0 Å². The fourth-order valence-corrected chi connectivity index (χ4v) is 4.31. The maximum Gasteiger partial charge on any atom is 0.234 e. The minimum Gasteiger partial charge on any atom is -0.483 e. The van der Waals surface area contributed by atoms with E-state index in [-0.39, 0.29) is 11.4 Å². The number of amides is 1. The van der Waals surface area contributed by atoms with Crippen molar-refractivity contribution in [3.63, 3.8) is 0 Å². The van der Waals surface area contributed by atoms with Gasteiger partial charge in [-0.15, -0.1) is 10.2 Å². The molecule has 0 aliphatic carbocycles. The standard InChI is InChI=1S/C27H26F2N4O2S/c1-17(2)19-9-12-22(13-10-19)35-18(3)26-31-32-27(33(26)21-7-5-4-6-8-21)36-16-25(34)30-24-15-20(28)11-14-23(24)29/h4-15,17-18H,16H2,1-3H3,(H,30,34). The highest BCUT2D eigenvalue weighted by molar-refractivity contribution is 7.99. The van der Waals surface area contributed by atoms with E-state index in [0.717, 1.165) is 35.6 Å². The molecule has 4 aromatic rings. The lowest BCUT2D eigenvalue weighted by molar-refractivity contribution is -0.113. The number of aromatic nitrogens is 3. The third-order valence-corrected chi connectivity index (χ3v) is 6.36. The van der Waals surface area contributed by atoms with Crippen LogP contribution in [-0.4, -0.2) is 26.4 Å². The molecule has 0 spiro atoms. The van der Waals surface area contributed by atoms with Crippen molar-refractivity contribution in [2.45, 2.75) is 37.9 Å². The number of hydrogen-bond acceptors (Lipinski definition) is 5. The summed E-state index contributed by atoms with van der Waals surface area (Å²) in [6.45, 7) is 6.15. The number of carbonyl (C=O) groups is 1. The van der Waals surface area contributed by atoms with Gasteiger partial charge >= 0.3 is 0 Å². The number of carbonyl (C=O) groups excluding carboxylic acids is 1. The molecule has 0 saturated heterocycles. The summed E-state index contributed by atoms with van der Waals surface area (Å²) in [5.41, 5.74) is 1.82. The Kier molecular flexibility index (Phi) is 8.00. The summed E-state index contributed by atoms with van der Waals surface area (Å²) in [6, 6.07) is 20.3. The highest BCUT2D eigenvalue weighted by Gasteiger charge is 2.22. The molecule has 1 aromatic heterocycles. The van der Waals surface area contributed by atoms with Crippen molar-refractivity contribution in [2.75, 3.05) is 11.1 Å². The van der Waals surface area contributed by atoms with Crippen LogP contribution in [0.1, 0.15) is 44.2 Å². The Morgan fingerprint density at radius 1 is 1.00 bits per heavy atom. The number of benzene rings is 3. The fraction of sp³-hybridized carbons (Fsp3) is 0.222. The van der Waals surface area contributed by atoms with Crippen LogP contribution in [0.5, 0.6) is 5.75 Å². The minimum atomic E-state index is -0.711. The maximum absolute atomic E-state index is 13.9. The molecule has 1 N–H and O–H groups in total. The van der Waals surface area contributed by atoms with E-state index in [1.807, 2.05) is 66.1 Å². The van der Waals surface area contributed by atoms with E-state index in [2.05, 4.69) is 29.4 Å². The van der Waals surface area contributed by atoms with Gasteiger partial charge in [0.15, 0.2) is 17.1 Å². The molecule has 0 aliphatic heterocycles. The Hall–Kier alpha value is -3.72. The van der Waals surface area contributed by atoms with Crippen molar-refractivity contribution in [1.82, 2.24) is 14.8 Å². The van der Waals surface area contributed by atoms with E-state index >= 15 is 0 Å².